The van der Waals surface area contributed by atoms with E-state index >= 15 is 0 Å². The molecule has 0 atom stereocenters. The van der Waals surface area contributed by atoms with Crippen molar-refractivity contribution in [3.63, 3.8) is 0 Å². The molecule has 0 unspecified atom stereocenters. The summed E-state index contributed by atoms with van der Waals surface area (Å²) < 4.78 is 0. The number of hydrogen-bond acceptors (Lipinski definition) is 1. The fourth-order valence-electron chi connectivity index (χ4n) is 2.06. The molecule has 0 aliphatic rings. The van der Waals surface area contributed by atoms with Gasteiger partial charge in [0.25, 0.3) is 0 Å². The molecule has 0 radical (unpaired) electrons. The summed E-state index contributed by atoms with van der Waals surface area (Å²) in [6, 6.07) is 14.3. The Morgan fingerprint density at radius 3 is 1.94 bits per heavy atom. The number of phenols is 1. The van der Waals surface area contributed by atoms with Crippen molar-refractivity contribution in [2.45, 2.75) is 33.1 Å². The zero-order valence-electron chi connectivity index (χ0n) is 11.5. The summed E-state index contributed by atoms with van der Waals surface area (Å²) in [5.74, 6) is 0.373. The molecule has 0 aliphatic heterocycles. The number of hydrogen-bond donors (Lipinski definition) is 1. The van der Waals surface area contributed by atoms with Gasteiger partial charge in [-0.25, -0.2) is 0 Å². The average molecular weight is 240 g/mol. The highest BCUT2D eigenvalue weighted by molar-refractivity contribution is 5.66. The van der Waals surface area contributed by atoms with Gasteiger partial charge in [0, 0.05) is 0 Å². The van der Waals surface area contributed by atoms with Crippen molar-refractivity contribution in [3.8, 4) is 16.9 Å². The Balaban J connectivity index is 2.50. The lowest BCUT2D eigenvalue weighted by molar-refractivity contribution is 0.447. The zero-order chi connectivity index (χ0) is 13.3. The lowest BCUT2D eigenvalue weighted by Crippen LogP contribution is -2.11. The summed E-state index contributed by atoms with van der Waals surface area (Å²) in [5.41, 5.74) is 4.53. The van der Waals surface area contributed by atoms with Gasteiger partial charge in [-0.3, -0.25) is 0 Å². The fourth-order valence-corrected chi connectivity index (χ4v) is 2.06. The van der Waals surface area contributed by atoms with Gasteiger partial charge in [-0.1, -0.05) is 56.7 Å². The summed E-state index contributed by atoms with van der Waals surface area (Å²) in [7, 11) is 0. The van der Waals surface area contributed by atoms with Gasteiger partial charge >= 0.3 is 0 Å². The zero-order valence-corrected chi connectivity index (χ0v) is 11.5. The maximum atomic E-state index is 9.96. The van der Waals surface area contributed by atoms with Crippen molar-refractivity contribution >= 4 is 0 Å². The van der Waals surface area contributed by atoms with E-state index in [9.17, 15) is 5.11 Å². The highest BCUT2D eigenvalue weighted by Crippen LogP contribution is 2.34. The van der Waals surface area contributed by atoms with Gasteiger partial charge in [-0.2, -0.15) is 0 Å². The molecule has 0 bridgehead atoms. The van der Waals surface area contributed by atoms with Crippen LogP contribution >= 0.6 is 0 Å². The highest BCUT2D eigenvalue weighted by atomic mass is 16.3. The average Bonchev–Trinajstić information content (AvgIpc) is 2.29. The second-order valence-corrected chi connectivity index (χ2v) is 5.85. The van der Waals surface area contributed by atoms with Gasteiger partial charge in [0.05, 0.1) is 0 Å². The minimum Gasteiger partial charge on any atom is -0.508 e. The van der Waals surface area contributed by atoms with Gasteiger partial charge in [-0.05, 0) is 41.2 Å². The number of aromatic hydroxyl groups is 1. The van der Waals surface area contributed by atoms with Crippen LogP contribution in [0.2, 0.25) is 0 Å². The molecule has 1 nitrogen and oxygen atoms in total. The third kappa shape index (κ3) is 2.56. The Labute approximate surface area is 109 Å². The second kappa shape index (κ2) is 4.49. The molecule has 0 amide bonds. The highest BCUT2D eigenvalue weighted by Gasteiger charge is 2.18. The first-order valence-electron chi connectivity index (χ1n) is 6.28. The van der Waals surface area contributed by atoms with E-state index in [1.807, 2.05) is 6.07 Å². The van der Waals surface area contributed by atoms with Gasteiger partial charge in [0.2, 0.25) is 0 Å². The molecule has 2 aromatic rings. The van der Waals surface area contributed by atoms with Crippen LogP contribution in [-0.4, -0.2) is 5.11 Å². The molecule has 1 N–H and O–H groups in total. The van der Waals surface area contributed by atoms with E-state index in [4.69, 9.17) is 0 Å². The summed E-state index contributed by atoms with van der Waals surface area (Å²) in [6.07, 6.45) is 0. The van der Waals surface area contributed by atoms with Crippen LogP contribution in [0.5, 0.6) is 5.75 Å². The van der Waals surface area contributed by atoms with E-state index in [1.165, 1.54) is 11.1 Å². The molecule has 0 saturated heterocycles. The van der Waals surface area contributed by atoms with Gasteiger partial charge in [-0.15, -0.1) is 0 Å². The van der Waals surface area contributed by atoms with Crippen LogP contribution in [-0.2, 0) is 5.41 Å². The van der Waals surface area contributed by atoms with E-state index in [0.29, 0.717) is 5.75 Å². The Morgan fingerprint density at radius 2 is 1.39 bits per heavy atom. The first-order chi connectivity index (χ1) is 8.38. The summed E-state index contributed by atoms with van der Waals surface area (Å²) in [4.78, 5) is 0. The third-order valence-corrected chi connectivity index (χ3v) is 3.19. The molecule has 0 spiro atoms. The Morgan fingerprint density at radius 1 is 0.833 bits per heavy atom. The van der Waals surface area contributed by atoms with E-state index in [1.54, 1.807) is 6.07 Å². The minimum atomic E-state index is -0.0508. The largest absolute Gasteiger partial charge is 0.508 e. The van der Waals surface area contributed by atoms with Gasteiger partial charge in [0.1, 0.15) is 5.75 Å². The lowest BCUT2D eigenvalue weighted by Gasteiger charge is -2.21. The maximum Gasteiger partial charge on any atom is 0.119 e. The molecule has 0 aromatic heterocycles. The monoisotopic (exact) mass is 240 g/mol. The molecule has 2 aromatic carbocycles. The Kier molecular flexibility index (Phi) is 3.16. The van der Waals surface area contributed by atoms with Crippen molar-refractivity contribution in [2.75, 3.05) is 0 Å². The summed E-state index contributed by atoms with van der Waals surface area (Å²) >= 11 is 0. The predicted octanol–water partition coefficient (Wildman–Crippen LogP) is 4.67. The lowest BCUT2D eigenvalue weighted by atomic mass is 9.84. The van der Waals surface area contributed by atoms with Crippen LogP contribution in [0.4, 0.5) is 0 Å². The van der Waals surface area contributed by atoms with Crippen LogP contribution in [0.1, 0.15) is 31.9 Å². The van der Waals surface area contributed by atoms with Crippen LogP contribution in [0, 0.1) is 6.92 Å². The van der Waals surface area contributed by atoms with Gasteiger partial charge < -0.3 is 5.11 Å². The van der Waals surface area contributed by atoms with Crippen molar-refractivity contribution in [2.24, 2.45) is 0 Å². The predicted molar refractivity (Wildman–Crippen MR) is 77.0 cm³/mol. The van der Waals surface area contributed by atoms with Crippen LogP contribution in [0.3, 0.4) is 0 Å². The molecule has 0 saturated carbocycles. The van der Waals surface area contributed by atoms with E-state index < -0.39 is 0 Å². The molecule has 18 heavy (non-hydrogen) atoms. The summed E-state index contributed by atoms with van der Waals surface area (Å²) in [6.45, 7) is 8.42. The first kappa shape index (κ1) is 12.7. The van der Waals surface area contributed by atoms with E-state index in [-0.39, 0.29) is 5.41 Å². The minimum absolute atomic E-state index is 0.0508. The smallest absolute Gasteiger partial charge is 0.119 e. The molecule has 0 fully saturated rings. The molecular weight excluding hydrogens is 220 g/mol. The first-order valence-corrected chi connectivity index (χ1v) is 6.28. The molecule has 0 heterocycles. The number of phenolic OH excluding ortho intramolecular Hbond substituents is 1. The van der Waals surface area contributed by atoms with Crippen molar-refractivity contribution in [3.05, 3.63) is 53.6 Å². The van der Waals surface area contributed by atoms with Crippen LogP contribution in [0.25, 0.3) is 11.1 Å². The Hall–Kier alpha value is -1.76. The molecule has 2 rings (SSSR count). The molecule has 0 aliphatic carbocycles. The standard InChI is InChI=1S/C17H20O/c1-12-5-7-13(8-6-12)14-9-10-16(18)15(11-14)17(2,3)4/h5-11,18H,1-4H3. The summed E-state index contributed by atoms with van der Waals surface area (Å²) in [5, 5.41) is 9.96. The fraction of sp³-hybridized carbons (Fsp3) is 0.294. The van der Waals surface area contributed by atoms with Crippen LogP contribution < -0.4 is 0 Å². The van der Waals surface area contributed by atoms with E-state index in [2.05, 4.69) is 58.0 Å². The van der Waals surface area contributed by atoms with Gasteiger partial charge in [0.15, 0.2) is 0 Å². The van der Waals surface area contributed by atoms with Crippen molar-refractivity contribution < 1.29 is 5.11 Å². The number of rotatable bonds is 1. The normalized spacial score (nSPS) is 11.6. The third-order valence-electron chi connectivity index (χ3n) is 3.19. The molecule has 1 heteroatoms. The Bertz CT molecular complexity index is 545. The topological polar surface area (TPSA) is 20.2 Å². The van der Waals surface area contributed by atoms with E-state index in [0.717, 1.165) is 11.1 Å². The molecular formula is C17H20O. The van der Waals surface area contributed by atoms with Crippen molar-refractivity contribution in [1.82, 2.24) is 0 Å². The number of aryl methyl sites for hydroxylation is 1. The second-order valence-electron chi connectivity index (χ2n) is 5.85. The number of benzene rings is 2. The van der Waals surface area contributed by atoms with Crippen LogP contribution in [0.15, 0.2) is 42.5 Å². The quantitative estimate of drug-likeness (QED) is 0.768. The SMILES string of the molecule is Cc1ccc(-c2ccc(O)c(C(C)(C)C)c2)cc1. The van der Waals surface area contributed by atoms with Crippen molar-refractivity contribution in [1.29, 1.82) is 0 Å². The molecule has 94 valence electrons. The maximum absolute atomic E-state index is 9.96.